The number of halogens is 1. The minimum atomic E-state index is 0.668. The first kappa shape index (κ1) is 11.3. The molecule has 1 N–H and O–H groups in total. The molecular formula is C7H8BrN7S. The van der Waals surface area contributed by atoms with Crippen molar-refractivity contribution in [2.75, 3.05) is 12.4 Å². The van der Waals surface area contributed by atoms with Crippen LogP contribution in [0.15, 0.2) is 21.0 Å². The molecule has 2 heterocycles. The summed E-state index contributed by atoms with van der Waals surface area (Å²) >= 11 is 4.79. The van der Waals surface area contributed by atoms with Crippen LogP contribution in [0.2, 0.25) is 0 Å². The lowest BCUT2D eigenvalue weighted by Gasteiger charge is -2.05. The molecule has 0 aliphatic carbocycles. The first-order chi connectivity index (χ1) is 7.72. The molecule has 0 radical (unpaired) electrons. The van der Waals surface area contributed by atoms with E-state index >= 15 is 0 Å². The number of aryl methyl sites for hydroxylation is 1. The molecule has 0 amide bonds. The SMILES string of the molecule is CNc1ncnc(Sc2nnnn2C)c1Br. The molecule has 0 bridgehead atoms. The maximum atomic E-state index is 4.16. The number of hydrogen-bond donors (Lipinski definition) is 1. The third kappa shape index (κ3) is 2.14. The molecule has 2 aromatic heterocycles. The summed E-state index contributed by atoms with van der Waals surface area (Å²) in [6, 6.07) is 0. The Labute approximate surface area is 104 Å². The summed E-state index contributed by atoms with van der Waals surface area (Å²) in [6.07, 6.45) is 1.49. The second-order valence-electron chi connectivity index (χ2n) is 2.78. The highest BCUT2D eigenvalue weighted by Gasteiger charge is 2.12. The molecule has 0 aromatic carbocycles. The standard InChI is InChI=1S/C7H8BrN7S/c1-9-5-4(8)6(11-3-10-5)16-7-12-13-14-15(7)2/h3H,1-2H3,(H,9,10,11). The lowest BCUT2D eigenvalue weighted by atomic mass is 10.6. The van der Waals surface area contributed by atoms with Crippen LogP contribution in [0.1, 0.15) is 0 Å². The highest BCUT2D eigenvalue weighted by atomic mass is 79.9. The predicted molar refractivity (Wildman–Crippen MR) is 62.2 cm³/mol. The third-order valence-corrected chi connectivity index (χ3v) is 3.81. The lowest BCUT2D eigenvalue weighted by Crippen LogP contribution is -1.98. The Hall–Kier alpha value is -1.22. The maximum Gasteiger partial charge on any atom is 0.215 e. The van der Waals surface area contributed by atoms with Gasteiger partial charge in [0, 0.05) is 14.1 Å². The van der Waals surface area contributed by atoms with Crippen molar-refractivity contribution in [1.29, 1.82) is 0 Å². The van der Waals surface area contributed by atoms with Crippen LogP contribution in [-0.2, 0) is 7.05 Å². The van der Waals surface area contributed by atoms with E-state index in [4.69, 9.17) is 0 Å². The average molecular weight is 302 g/mol. The molecule has 9 heteroatoms. The van der Waals surface area contributed by atoms with Gasteiger partial charge in [-0.15, -0.1) is 5.10 Å². The molecule has 0 fully saturated rings. The van der Waals surface area contributed by atoms with E-state index in [1.807, 2.05) is 0 Å². The van der Waals surface area contributed by atoms with Crippen molar-refractivity contribution in [2.45, 2.75) is 10.2 Å². The van der Waals surface area contributed by atoms with Crippen LogP contribution in [0.25, 0.3) is 0 Å². The fourth-order valence-electron chi connectivity index (χ4n) is 0.993. The van der Waals surface area contributed by atoms with Crippen molar-refractivity contribution in [2.24, 2.45) is 7.05 Å². The normalized spacial score (nSPS) is 10.4. The fraction of sp³-hybridized carbons (Fsp3) is 0.286. The van der Waals surface area contributed by atoms with Gasteiger partial charge in [-0.2, -0.15) is 0 Å². The highest BCUT2D eigenvalue weighted by Crippen LogP contribution is 2.32. The monoisotopic (exact) mass is 301 g/mol. The molecule has 0 atom stereocenters. The van der Waals surface area contributed by atoms with Crippen LogP contribution >= 0.6 is 27.7 Å². The van der Waals surface area contributed by atoms with Crippen LogP contribution in [0.4, 0.5) is 5.82 Å². The molecule has 16 heavy (non-hydrogen) atoms. The number of anilines is 1. The van der Waals surface area contributed by atoms with Gasteiger partial charge in [0.25, 0.3) is 0 Å². The number of aromatic nitrogens is 6. The highest BCUT2D eigenvalue weighted by molar-refractivity contribution is 9.10. The van der Waals surface area contributed by atoms with Crippen molar-refractivity contribution >= 4 is 33.5 Å². The minimum absolute atomic E-state index is 0.668. The van der Waals surface area contributed by atoms with Crippen LogP contribution < -0.4 is 5.32 Å². The first-order valence-corrected chi connectivity index (χ1v) is 5.91. The molecule has 0 unspecified atom stereocenters. The Morgan fingerprint density at radius 2 is 2.25 bits per heavy atom. The molecule has 0 spiro atoms. The topological polar surface area (TPSA) is 81.4 Å². The van der Waals surface area contributed by atoms with Crippen LogP contribution in [-0.4, -0.2) is 37.2 Å². The molecular weight excluding hydrogens is 294 g/mol. The van der Waals surface area contributed by atoms with E-state index in [-0.39, 0.29) is 0 Å². The van der Waals surface area contributed by atoms with E-state index in [1.165, 1.54) is 18.1 Å². The molecule has 2 aromatic rings. The van der Waals surface area contributed by atoms with E-state index in [0.717, 1.165) is 15.3 Å². The summed E-state index contributed by atoms with van der Waals surface area (Å²) in [5.41, 5.74) is 0. The van der Waals surface area contributed by atoms with Gasteiger partial charge >= 0.3 is 0 Å². The van der Waals surface area contributed by atoms with Crippen molar-refractivity contribution in [1.82, 2.24) is 30.2 Å². The second-order valence-corrected chi connectivity index (χ2v) is 4.53. The van der Waals surface area contributed by atoms with Crippen LogP contribution in [0.5, 0.6) is 0 Å². The third-order valence-electron chi connectivity index (χ3n) is 1.76. The predicted octanol–water partition coefficient (Wildman–Crippen LogP) is 0.955. The zero-order chi connectivity index (χ0) is 11.5. The van der Waals surface area contributed by atoms with Crippen molar-refractivity contribution < 1.29 is 0 Å². The van der Waals surface area contributed by atoms with Crippen LogP contribution in [0.3, 0.4) is 0 Å². The summed E-state index contributed by atoms with van der Waals surface area (Å²) in [7, 11) is 3.57. The van der Waals surface area contributed by atoms with Gasteiger partial charge in [-0.05, 0) is 38.1 Å². The zero-order valence-corrected chi connectivity index (χ0v) is 10.9. The van der Waals surface area contributed by atoms with Gasteiger partial charge in [-0.3, -0.25) is 0 Å². The number of rotatable bonds is 3. The Bertz CT molecular complexity index is 499. The van der Waals surface area contributed by atoms with Crippen molar-refractivity contribution in [3.63, 3.8) is 0 Å². The molecule has 0 saturated heterocycles. The quantitative estimate of drug-likeness (QED) is 0.845. The van der Waals surface area contributed by atoms with Crippen LogP contribution in [0, 0.1) is 0 Å². The number of tetrazole rings is 1. The summed E-state index contributed by atoms with van der Waals surface area (Å²) < 4.78 is 2.38. The molecule has 0 aliphatic heterocycles. The summed E-state index contributed by atoms with van der Waals surface area (Å²) in [6.45, 7) is 0. The van der Waals surface area contributed by atoms with Gasteiger partial charge in [0.15, 0.2) is 0 Å². The Morgan fingerprint density at radius 3 is 2.88 bits per heavy atom. The lowest BCUT2D eigenvalue weighted by molar-refractivity contribution is 0.664. The summed E-state index contributed by atoms with van der Waals surface area (Å²) in [5.74, 6) is 0.729. The fourth-order valence-corrected chi connectivity index (χ4v) is 2.34. The van der Waals surface area contributed by atoms with E-state index in [0.29, 0.717) is 5.16 Å². The second kappa shape index (κ2) is 4.74. The number of nitrogens with zero attached hydrogens (tertiary/aromatic N) is 6. The average Bonchev–Trinajstić information content (AvgIpc) is 2.68. The number of nitrogens with one attached hydrogen (secondary N) is 1. The van der Waals surface area contributed by atoms with Gasteiger partial charge < -0.3 is 5.32 Å². The Kier molecular flexibility index (Phi) is 3.34. The summed E-state index contributed by atoms with van der Waals surface area (Å²) in [5, 5.41) is 15.6. The van der Waals surface area contributed by atoms with Crippen molar-refractivity contribution in [3.05, 3.63) is 10.8 Å². The smallest absolute Gasteiger partial charge is 0.215 e. The largest absolute Gasteiger partial charge is 0.372 e. The van der Waals surface area contributed by atoms with E-state index < -0.39 is 0 Å². The molecule has 2 rings (SSSR count). The van der Waals surface area contributed by atoms with Gasteiger partial charge in [0.05, 0.1) is 4.47 Å². The van der Waals surface area contributed by atoms with E-state index in [1.54, 1.807) is 18.8 Å². The Balaban J connectivity index is 2.32. The first-order valence-electron chi connectivity index (χ1n) is 4.31. The van der Waals surface area contributed by atoms with E-state index in [2.05, 4.69) is 46.7 Å². The maximum absolute atomic E-state index is 4.16. The van der Waals surface area contributed by atoms with Gasteiger partial charge in [-0.25, -0.2) is 14.6 Å². The number of hydrogen-bond acceptors (Lipinski definition) is 7. The summed E-state index contributed by atoms with van der Waals surface area (Å²) in [4.78, 5) is 8.23. The van der Waals surface area contributed by atoms with Gasteiger partial charge in [-0.1, -0.05) is 0 Å². The van der Waals surface area contributed by atoms with Gasteiger partial charge in [0.2, 0.25) is 5.16 Å². The minimum Gasteiger partial charge on any atom is -0.372 e. The molecule has 84 valence electrons. The van der Waals surface area contributed by atoms with Crippen molar-refractivity contribution in [3.8, 4) is 0 Å². The van der Waals surface area contributed by atoms with E-state index in [9.17, 15) is 0 Å². The Morgan fingerprint density at radius 1 is 1.44 bits per heavy atom. The molecule has 7 nitrogen and oxygen atoms in total. The van der Waals surface area contributed by atoms with Gasteiger partial charge in [0.1, 0.15) is 17.2 Å². The molecule has 0 saturated carbocycles. The zero-order valence-electron chi connectivity index (χ0n) is 8.55. The molecule has 0 aliphatic rings.